The molecule has 35 heavy (non-hydrogen) atoms. The van der Waals surface area contributed by atoms with Crippen LogP contribution in [0.25, 0.3) is 16.6 Å². The van der Waals surface area contributed by atoms with Crippen LogP contribution in [0.3, 0.4) is 0 Å². The van der Waals surface area contributed by atoms with Crippen molar-refractivity contribution in [2.75, 3.05) is 10.6 Å². The third-order valence-corrected chi connectivity index (χ3v) is 5.14. The molecular formula is C25H18FN7O2. The number of nitrogens with zero attached hydrogens (tertiary/aromatic N) is 5. The molecular weight excluding hydrogens is 449 g/mol. The van der Waals surface area contributed by atoms with Gasteiger partial charge in [-0.2, -0.15) is 5.10 Å². The average molecular weight is 467 g/mol. The summed E-state index contributed by atoms with van der Waals surface area (Å²) in [5, 5.41) is 9.80. The van der Waals surface area contributed by atoms with Crippen LogP contribution < -0.4 is 15.4 Å². The zero-order valence-electron chi connectivity index (χ0n) is 18.7. The second-order valence-corrected chi connectivity index (χ2v) is 7.51. The fraction of sp³-hybridized carbons (Fsp3) is 0.0800. The SMILES string of the molecule is CC#CC(=O)Nc1ccc2ncnc(Nc3ccc(Oc4ccn5ncnc5c4)c(C)c3)c2c1F. The Labute approximate surface area is 199 Å². The molecule has 9 nitrogen and oxygen atoms in total. The highest BCUT2D eigenvalue weighted by Crippen LogP contribution is 2.32. The highest BCUT2D eigenvalue weighted by molar-refractivity contribution is 6.05. The van der Waals surface area contributed by atoms with Crippen molar-refractivity contribution in [2.24, 2.45) is 0 Å². The van der Waals surface area contributed by atoms with Gasteiger partial charge in [-0.1, -0.05) is 5.92 Å². The Bertz CT molecular complexity index is 1650. The molecule has 172 valence electrons. The molecule has 5 aromatic rings. The zero-order valence-corrected chi connectivity index (χ0v) is 18.7. The van der Waals surface area contributed by atoms with Crippen LogP contribution >= 0.6 is 0 Å². The van der Waals surface area contributed by atoms with Crippen molar-refractivity contribution >= 4 is 39.6 Å². The van der Waals surface area contributed by atoms with Gasteiger partial charge in [-0.25, -0.2) is 23.9 Å². The number of aryl methyl sites for hydroxylation is 1. The Morgan fingerprint density at radius 1 is 1.09 bits per heavy atom. The summed E-state index contributed by atoms with van der Waals surface area (Å²) >= 11 is 0. The van der Waals surface area contributed by atoms with Crippen LogP contribution in [0, 0.1) is 24.6 Å². The van der Waals surface area contributed by atoms with Crippen molar-refractivity contribution in [3.63, 3.8) is 0 Å². The van der Waals surface area contributed by atoms with Gasteiger partial charge in [-0.3, -0.25) is 4.79 Å². The molecule has 2 aromatic carbocycles. The summed E-state index contributed by atoms with van der Waals surface area (Å²) < 4.78 is 22.9. The quantitative estimate of drug-likeness (QED) is 0.363. The standard InChI is InChI=1S/C25H18FN7O2/c1-3-4-22(34)32-19-7-6-18-23(24(19)26)25(29-13-27-18)31-16-5-8-20(15(2)11-16)35-17-9-10-33-21(12-17)28-14-30-33/h5-14H,1-2H3,(H,32,34)(H,27,29,31). The number of pyridine rings is 1. The minimum atomic E-state index is -0.655. The molecule has 0 saturated heterocycles. The van der Waals surface area contributed by atoms with Crippen molar-refractivity contribution in [3.05, 3.63) is 72.7 Å². The predicted octanol–water partition coefficient (Wildman–Crippen LogP) is 4.62. The lowest BCUT2D eigenvalue weighted by molar-refractivity contribution is -0.111. The first-order valence-corrected chi connectivity index (χ1v) is 10.5. The van der Waals surface area contributed by atoms with Crippen molar-refractivity contribution in [1.29, 1.82) is 0 Å². The van der Waals surface area contributed by atoms with Crippen molar-refractivity contribution in [1.82, 2.24) is 24.6 Å². The number of halogens is 1. The summed E-state index contributed by atoms with van der Waals surface area (Å²) in [7, 11) is 0. The van der Waals surface area contributed by atoms with E-state index in [1.807, 2.05) is 13.0 Å². The molecule has 0 spiro atoms. The number of carbonyl (C=O) groups is 1. The molecule has 0 saturated carbocycles. The molecule has 3 heterocycles. The number of amides is 1. The van der Waals surface area contributed by atoms with E-state index < -0.39 is 11.7 Å². The molecule has 10 heteroatoms. The first kappa shape index (κ1) is 21.8. The Hall–Kier alpha value is -5.04. The summed E-state index contributed by atoms with van der Waals surface area (Å²) in [6.07, 6.45) is 4.58. The van der Waals surface area contributed by atoms with Gasteiger partial charge in [0.15, 0.2) is 11.5 Å². The number of aromatic nitrogens is 5. The van der Waals surface area contributed by atoms with Crippen LogP contribution in [0.4, 0.5) is 21.6 Å². The Morgan fingerprint density at radius 3 is 2.80 bits per heavy atom. The molecule has 0 aliphatic heterocycles. The molecule has 5 rings (SSSR count). The number of hydrogen-bond donors (Lipinski definition) is 2. The van der Waals surface area contributed by atoms with E-state index in [0.717, 1.165) is 5.56 Å². The zero-order chi connectivity index (χ0) is 24.4. The van der Waals surface area contributed by atoms with E-state index in [2.05, 4.69) is 42.5 Å². The van der Waals surface area contributed by atoms with Gasteiger partial charge in [0.2, 0.25) is 0 Å². The van der Waals surface area contributed by atoms with Gasteiger partial charge in [-0.15, -0.1) is 0 Å². The van der Waals surface area contributed by atoms with Crippen LogP contribution in [-0.4, -0.2) is 30.5 Å². The fourth-order valence-electron chi connectivity index (χ4n) is 3.54. The highest BCUT2D eigenvalue weighted by atomic mass is 19.1. The van der Waals surface area contributed by atoms with Gasteiger partial charge >= 0.3 is 0 Å². The molecule has 2 N–H and O–H groups in total. The molecule has 0 bridgehead atoms. The van der Waals surface area contributed by atoms with Crippen molar-refractivity contribution in [3.8, 4) is 23.3 Å². The maximum atomic E-state index is 15.3. The van der Waals surface area contributed by atoms with Crippen molar-refractivity contribution in [2.45, 2.75) is 13.8 Å². The highest BCUT2D eigenvalue weighted by Gasteiger charge is 2.15. The monoisotopic (exact) mass is 467 g/mol. The maximum Gasteiger partial charge on any atom is 0.300 e. The third kappa shape index (κ3) is 4.43. The number of benzene rings is 2. The number of anilines is 3. The normalized spacial score (nSPS) is 10.6. The number of fused-ring (bicyclic) bond motifs is 2. The van der Waals surface area contributed by atoms with E-state index in [-0.39, 0.29) is 16.9 Å². The summed E-state index contributed by atoms with van der Waals surface area (Å²) in [6, 6.07) is 12.1. The molecule has 0 aliphatic rings. The lowest BCUT2D eigenvalue weighted by atomic mass is 10.1. The van der Waals surface area contributed by atoms with E-state index >= 15 is 4.39 Å². The summed E-state index contributed by atoms with van der Waals surface area (Å²) in [4.78, 5) is 24.3. The van der Waals surface area contributed by atoms with Crippen LogP contribution in [0.1, 0.15) is 12.5 Å². The smallest absolute Gasteiger partial charge is 0.300 e. The van der Waals surface area contributed by atoms with Gasteiger partial charge in [0, 0.05) is 18.0 Å². The number of hydrogen-bond acceptors (Lipinski definition) is 7. The number of nitrogens with one attached hydrogen (secondary N) is 2. The lowest BCUT2D eigenvalue weighted by Crippen LogP contribution is -2.10. The largest absolute Gasteiger partial charge is 0.457 e. The van der Waals surface area contributed by atoms with Crippen LogP contribution in [0.5, 0.6) is 11.5 Å². The van der Waals surface area contributed by atoms with Crippen molar-refractivity contribution < 1.29 is 13.9 Å². The predicted molar refractivity (Wildman–Crippen MR) is 129 cm³/mol. The topological polar surface area (TPSA) is 106 Å². The molecule has 0 fully saturated rings. The van der Waals surface area contributed by atoms with E-state index in [1.165, 1.54) is 25.6 Å². The lowest BCUT2D eigenvalue weighted by Gasteiger charge is -2.13. The minimum absolute atomic E-state index is 0.00678. The van der Waals surface area contributed by atoms with Crippen LogP contribution in [0.15, 0.2) is 61.3 Å². The second kappa shape index (κ2) is 9.07. The summed E-state index contributed by atoms with van der Waals surface area (Å²) in [6.45, 7) is 3.43. The van der Waals surface area contributed by atoms with Gasteiger partial charge in [0.05, 0.1) is 16.6 Å². The van der Waals surface area contributed by atoms with E-state index in [1.54, 1.807) is 41.0 Å². The van der Waals surface area contributed by atoms with E-state index in [0.29, 0.717) is 28.4 Å². The first-order valence-electron chi connectivity index (χ1n) is 10.5. The maximum absolute atomic E-state index is 15.3. The number of carbonyl (C=O) groups excluding carboxylic acids is 1. The Balaban J connectivity index is 1.42. The van der Waals surface area contributed by atoms with Crippen LogP contribution in [-0.2, 0) is 4.79 Å². The first-order chi connectivity index (χ1) is 17.0. The van der Waals surface area contributed by atoms with Gasteiger partial charge in [0.1, 0.15) is 30.0 Å². The number of rotatable bonds is 5. The van der Waals surface area contributed by atoms with E-state index in [9.17, 15) is 4.79 Å². The molecule has 0 aliphatic carbocycles. The molecule has 0 unspecified atom stereocenters. The second-order valence-electron chi connectivity index (χ2n) is 7.51. The van der Waals surface area contributed by atoms with E-state index in [4.69, 9.17) is 4.74 Å². The molecule has 0 atom stereocenters. The number of ether oxygens (including phenoxy) is 1. The summed E-state index contributed by atoms with van der Waals surface area (Å²) in [5.74, 6) is 5.09. The molecule has 3 aromatic heterocycles. The molecule has 1 amide bonds. The average Bonchev–Trinajstić information content (AvgIpc) is 3.31. The fourth-order valence-corrected chi connectivity index (χ4v) is 3.54. The van der Waals surface area contributed by atoms with Crippen LogP contribution in [0.2, 0.25) is 0 Å². The summed E-state index contributed by atoms with van der Waals surface area (Å²) in [5.41, 5.74) is 2.58. The van der Waals surface area contributed by atoms with Gasteiger partial charge in [0.25, 0.3) is 5.91 Å². The third-order valence-electron chi connectivity index (χ3n) is 5.14. The van der Waals surface area contributed by atoms with Gasteiger partial charge < -0.3 is 15.4 Å². The Kier molecular flexibility index (Phi) is 5.65. The molecule has 0 radical (unpaired) electrons. The van der Waals surface area contributed by atoms with Gasteiger partial charge in [-0.05, 0) is 61.7 Å². The Morgan fingerprint density at radius 2 is 1.97 bits per heavy atom. The minimum Gasteiger partial charge on any atom is -0.457 e.